The highest BCUT2D eigenvalue weighted by Gasteiger charge is 2.13. The summed E-state index contributed by atoms with van der Waals surface area (Å²) in [4.78, 5) is 0. The first-order valence-corrected chi connectivity index (χ1v) is 3.10. The Kier molecular flexibility index (Phi) is 1.07. The van der Waals surface area contributed by atoms with Crippen molar-refractivity contribution < 1.29 is 5.11 Å². The van der Waals surface area contributed by atoms with Crippen molar-refractivity contribution in [2.75, 3.05) is 0 Å². The predicted octanol–water partition coefficient (Wildman–Crippen LogP) is -0.119. The molecule has 1 aliphatic rings. The fourth-order valence-corrected chi connectivity index (χ4v) is 1.02. The Balaban J connectivity index is 2.48. The molecule has 4 nitrogen and oxygen atoms in total. The summed E-state index contributed by atoms with van der Waals surface area (Å²) < 4.78 is 1.81. The summed E-state index contributed by atoms with van der Waals surface area (Å²) in [6.45, 7) is 0.763. The first-order chi connectivity index (χ1) is 4.88. The van der Waals surface area contributed by atoms with Crippen molar-refractivity contribution in [3.8, 4) is 0 Å². The third-order valence-corrected chi connectivity index (χ3v) is 1.53. The van der Waals surface area contributed by atoms with Crippen LogP contribution in [0.4, 0.5) is 0 Å². The van der Waals surface area contributed by atoms with Gasteiger partial charge in [-0.2, -0.15) is 0 Å². The lowest BCUT2D eigenvalue weighted by molar-refractivity contribution is 0.208. The molecule has 2 heterocycles. The number of nitrogens with zero attached hydrogens (tertiary/aromatic N) is 3. The van der Waals surface area contributed by atoms with Crippen molar-refractivity contribution in [1.29, 1.82) is 0 Å². The molecule has 52 valence electrons. The molecule has 0 radical (unpaired) electrons. The van der Waals surface area contributed by atoms with Gasteiger partial charge in [0, 0.05) is 6.54 Å². The van der Waals surface area contributed by atoms with E-state index in [0.29, 0.717) is 5.82 Å². The highest BCUT2D eigenvalue weighted by Crippen LogP contribution is 2.14. The molecule has 0 spiro atoms. The van der Waals surface area contributed by atoms with Gasteiger partial charge in [0.15, 0.2) is 5.82 Å². The lowest BCUT2D eigenvalue weighted by Crippen LogP contribution is -2.10. The molecule has 10 heavy (non-hydrogen) atoms. The molecule has 4 heteroatoms. The average molecular weight is 137 g/mol. The Morgan fingerprint density at radius 1 is 1.70 bits per heavy atom. The van der Waals surface area contributed by atoms with Crippen LogP contribution in [-0.4, -0.2) is 19.9 Å². The van der Waals surface area contributed by atoms with Crippen molar-refractivity contribution in [2.24, 2.45) is 0 Å². The molecule has 0 aliphatic carbocycles. The zero-order valence-electron chi connectivity index (χ0n) is 5.31. The number of allylic oxidation sites excluding steroid dienone is 1. The SMILES string of the molecule is OC1C=CCn2cnnc21. The summed E-state index contributed by atoms with van der Waals surface area (Å²) in [6, 6.07) is 0. The van der Waals surface area contributed by atoms with E-state index >= 15 is 0 Å². The van der Waals surface area contributed by atoms with E-state index in [1.807, 2.05) is 10.6 Å². The Hall–Kier alpha value is -1.16. The van der Waals surface area contributed by atoms with E-state index < -0.39 is 6.10 Å². The van der Waals surface area contributed by atoms with Gasteiger partial charge >= 0.3 is 0 Å². The molecule has 1 N–H and O–H groups in total. The van der Waals surface area contributed by atoms with Crippen LogP contribution in [-0.2, 0) is 6.54 Å². The summed E-state index contributed by atoms with van der Waals surface area (Å²) in [6.07, 6.45) is 4.64. The molecule has 0 saturated heterocycles. The minimum Gasteiger partial charge on any atom is -0.381 e. The Labute approximate surface area is 57.8 Å². The largest absolute Gasteiger partial charge is 0.381 e. The minimum atomic E-state index is -0.573. The van der Waals surface area contributed by atoms with Gasteiger partial charge in [0.1, 0.15) is 12.4 Å². The lowest BCUT2D eigenvalue weighted by atomic mass is 10.2. The maximum absolute atomic E-state index is 9.24. The van der Waals surface area contributed by atoms with E-state index in [1.165, 1.54) is 0 Å². The first kappa shape index (κ1) is 5.61. The monoisotopic (exact) mass is 137 g/mol. The van der Waals surface area contributed by atoms with Gasteiger partial charge in [-0.15, -0.1) is 10.2 Å². The molecule has 0 bridgehead atoms. The molecule has 1 aromatic heterocycles. The van der Waals surface area contributed by atoms with Gasteiger partial charge in [-0.1, -0.05) is 12.2 Å². The summed E-state index contributed by atoms with van der Waals surface area (Å²) >= 11 is 0. The Bertz CT molecular complexity index is 266. The first-order valence-electron chi connectivity index (χ1n) is 3.10. The second kappa shape index (κ2) is 1.91. The molecule has 0 amide bonds. The molecule has 0 aromatic carbocycles. The number of rotatable bonds is 0. The topological polar surface area (TPSA) is 50.9 Å². The van der Waals surface area contributed by atoms with Crippen molar-refractivity contribution in [1.82, 2.24) is 14.8 Å². The van der Waals surface area contributed by atoms with E-state index in [9.17, 15) is 5.11 Å². The molecule has 1 atom stereocenters. The van der Waals surface area contributed by atoms with Crippen molar-refractivity contribution in [3.63, 3.8) is 0 Å². The number of aliphatic hydroxyl groups is 1. The third kappa shape index (κ3) is 0.657. The number of fused-ring (bicyclic) bond motifs is 1. The highest BCUT2D eigenvalue weighted by atomic mass is 16.3. The predicted molar refractivity (Wildman–Crippen MR) is 34.1 cm³/mol. The van der Waals surface area contributed by atoms with Gasteiger partial charge in [0.2, 0.25) is 0 Å². The van der Waals surface area contributed by atoms with Crippen LogP contribution in [0.5, 0.6) is 0 Å². The number of aromatic nitrogens is 3. The van der Waals surface area contributed by atoms with Gasteiger partial charge in [0.05, 0.1) is 0 Å². The third-order valence-electron chi connectivity index (χ3n) is 1.53. The van der Waals surface area contributed by atoms with Gasteiger partial charge in [-0.25, -0.2) is 0 Å². The molecule has 2 rings (SSSR count). The summed E-state index contributed by atoms with van der Waals surface area (Å²) in [7, 11) is 0. The number of hydrogen-bond donors (Lipinski definition) is 1. The van der Waals surface area contributed by atoms with Crippen molar-refractivity contribution in [2.45, 2.75) is 12.6 Å². The Morgan fingerprint density at radius 2 is 2.60 bits per heavy atom. The minimum absolute atomic E-state index is 0.573. The van der Waals surface area contributed by atoms with Gasteiger partial charge in [-0.3, -0.25) is 0 Å². The lowest BCUT2D eigenvalue weighted by Gasteiger charge is -2.10. The van der Waals surface area contributed by atoms with E-state index in [4.69, 9.17) is 0 Å². The van der Waals surface area contributed by atoms with Crippen LogP contribution < -0.4 is 0 Å². The zero-order chi connectivity index (χ0) is 6.97. The van der Waals surface area contributed by atoms with Crippen LogP contribution in [0.2, 0.25) is 0 Å². The number of aliphatic hydroxyl groups excluding tert-OH is 1. The molecule has 0 fully saturated rings. The standard InChI is InChI=1S/C6H7N3O/c10-5-2-1-3-9-4-7-8-6(5)9/h1-2,4-5,10H,3H2. The van der Waals surface area contributed by atoms with Gasteiger partial charge in [-0.05, 0) is 0 Å². The molecule has 1 aliphatic heterocycles. The quantitative estimate of drug-likeness (QED) is 0.507. The second-order valence-electron chi connectivity index (χ2n) is 2.21. The molecular weight excluding hydrogens is 130 g/mol. The molecule has 1 aromatic rings. The summed E-state index contributed by atoms with van der Waals surface area (Å²) in [5.41, 5.74) is 0. The molecule has 1 unspecified atom stereocenters. The second-order valence-corrected chi connectivity index (χ2v) is 2.21. The fourth-order valence-electron chi connectivity index (χ4n) is 1.02. The summed E-state index contributed by atoms with van der Waals surface area (Å²) in [5.74, 6) is 0.627. The van der Waals surface area contributed by atoms with Crippen LogP contribution in [0.1, 0.15) is 11.9 Å². The van der Waals surface area contributed by atoms with Crippen LogP contribution in [0, 0.1) is 0 Å². The van der Waals surface area contributed by atoms with E-state index in [-0.39, 0.29) is 0 Å². The molecular formula is C6H7N3O. The van der Waals surface area contributed by atoms with E-state index in [2.05, 4.69) is 10.2 Å². The Morgan fingerprint density at radius 3 is 3.40 bits per heavy atom. The maximum atomic E-state index is 9.24. The average Bonchev–Trinajstić information content (AvgIpc) is 2.36. The van der Waals surface area contributed by atoms with Gasteiger partial charge in [0.25, 0.3) is 0 Å². The smallest absolute Gasteiger partial charge is 0.166 e. The fraction of sp³-hybridized carbons (Fsp3) is 0.333. The van der Waals surface area contributed by atoms with Crippen LogP contribution >= 0.6 is 0 Å². The normalized spacial score (nSPS) is 22.7. The zero-order valence-corrected chi connectivity index (χ0v) is 5.31. The molecule has 0 saturated carbocycles. The van der Waals surface area contributed by atoms with Crippen molar-refractivity contribution >= 4 is 0 Å². The van der Waals surface area contributed by atoms with E-state index in [0.717, 1.165) is 6.54 Å². The van der Waals surface area contributed by atoms with Crippen LogP contribution in [0.3, 0.4) is 0 Å². The van der Waals surface area contributed by atoms with Gasteiger partial charge < -0.3 is 9.67 Å². The van der Waals surface area contributed by atoms with Crippen LogP contribution in [0.15, 0.2) is 18.5 Å². The van der Waals surface area contributed by atoms with E-state index in [1.54, 1.807) is 12.4 Å². The summed E-state index contributed by atoms with van der Waals surface area (Å²) in [5, 5.41) is 16.7. The van der Waals surface area contributed by atoms with Crippen molar-refractivity contribution in [3.05, 3.63) is 24.3 Å². The maximum Gasteiger partial charge on any atom is 0.166 e. The van der Waals surface area contributed by atoms with Crippen LogP contribution in [0.25, 0.3) is 0 Å². The number of hydrogen-bond acceptors (Lipinski definition) is 3. The highest BCUT2D eigenvalue weighted by molar-refractivity contribution is 5.07.